The smallest absolute Gasteiger partial charge is 0.217 e. The number of fused-ring (bicyclic) bond motifs is 2. The lowest BCUT2D eigenvalue weighted by molar-refractivity contribution is -0.220. The zero-order valence-corrected chi connectivity index (χ0v) is 13.8. The van der Waals surface area contributed by atoms with Crippen molar-refractivity contribution in [1.29, 1.82) is 0 Å². The first-order valence-electron chi connectivity index (χ1n) is 5.39. The van der Waals surface area contributed by atoms with Gasteiger partial charge in [-0.05, 0) is 5.92 Å². The Bertz CT molecular complexity index is 408. The monoisotopic (exact) mass is 352 g/mol. The predicted molar refractivity (Wildman–Crippen MR) is 76.0 cm³/mol. The molecule has 2 unspecified atom stereocenters. The van der Waals surface area contributed by atoms with Crippen LogP contribution in [0.4, 0.5) is 0 Å². The molecule has 0 aliphatic heterocycles. The maximum absolute atomic E-state index is 6.72. The number of alkyl halides is 3. The van der Waals surface area contributed by atoms with Crippen LogP contribution in [0, 0.1) is 11.8 Å². The number of ether oxygens (including phenoxy) is 2. The van der Waals surface area contributed by atoms with E-state index in [1.54, 1.807) is 0 Å². The molecule has 1 saturated carbocycles. The second-order valence-electron chi connectivity index (χ2n) is 4.63. The first-order chi connectivity index (χ1) is 8.29. The van der Waals surface area contributed by atoms with Crippen molar-refractivity contribution in [3.63, 3.8) is 0 Å². The number of methoxy groups -OCH3 is 2. The van der Waals surface area contributed by atoms with Gasteiger partial charge in [0.2, 0.25) is 5.79 Å². The largest absolute Gasteiger partial charge is 0.350 e. The summed E-state index contributed by atoms with van der Waals surface area (Å²) in [4.78, 5) is -2.30. The Morgan fingerprint density at radius 1 is 1.06 bits per heavy atom. The van der Waals surface area contributed by atoms with Crippen LogP contribution in [0.3, 0.4) is 0 Å². The molecule has 2 rings (SSSR count). The zero-order valence-electron chi connectivity index (χ0n) is 10.1. The molecule has 0 aromatic rings. The number of hydrogen-bond acceptors (Lipinski definition) is 2. The van der Waals surface area contributed by atoms with Gasteiger partial charge < -0.3 is 9.47 Å². The molecule has 7 heteroatoms. The molecular weight excluding hydrogens is 341 g/mol. The highest BCUT2D eigenvalue weighted by Gasteiger charge is 2.83. The van der Waals surface area contributed by atoms with Crippen molar-refractivity contribution in [2.75, 3.05) is 20.1 Å². The van der Waals surface area contributed by atoms with Crippen LogP contribution in [0.25, 0.3) is 0 Å². The van der Waals surface area contributed by atoms with Gasteiger partial charge in [0, 0.05) is 26.0 Å². The molecule has 0 radical (unpaired) electrons. The van der Waals surface area contributed by atoms with E-state index in [2.05, 4.69) is 0 Å². The van der Waals surface area contributed by atoms with Gasteiger partial charge in [-0.3, -0.25) is 0 Å². The summed E-state index contributed by atoms with van der Waals surface area (Å²) in [5.74, 6) is -1.37. The van der Waals surface area contributed by atoms with Crippen LogP contribution in [0.1, 0.15) is 6.92 Å². The maximum atomic E-state index is 6.72. The van der Waals surface area contributed by atoms with Gasteiger partial charge in [0.15, 0.2) is 0 Å². The molecule has 0 amide bonds. The van der Waals surface area contributed by atoms with Gasteiger partial charge in [-0.25, -0.2) is 0 Å². The van der Waals surface area contributed by atoms with E-state index in [1.807, 2.05) is 6.92 Å². The minimum absolute atomic E-state index is 0.135. The maximum Gasteiger partial charge on any atom is 0.217 e. The highest BCUT2D eigenvalue weighted by molar-refractivity contribution is 6.52. The standard InChI is InChI=1S/C11H13Cl5O2/c1-5-6(4-12)10(16)8(14)7(13)9(5,15)11(10,17-2)18-3/h5-6H,4H2,1-3H3/t5-,6-,9?,10?/m0/s1. The van der Waals surface area contributed by atoms with Gasteiger partial charge in [-0.2, -0.15) is 0 Å². The third-order valence-corrected chi connectivity index (χ3v) is 7.37. The minimum Gasteiger partial charge on any atom is -0.350 e. The first-order valence-corrected chi connectivity index (χ1v) is 7.44. The lowest BCUT2D eigenvalue weighted by atomic mass is 9.84. The molecule has 0 aromatic carbocycles. The highest BCUT2D eigenvalue weighted by atomic mass is 35.5. The van der Waals surface area contributed by atoms with E-state index in [4.69, 9.17) is 67.5 Å². The van der Waals surface area contributed by atoms with Crippen LogP contribution in [-0.4, -0.2) is 35.6 Å². The quantitative estimate of drug-likeness (QED) is 0.560. The summed E-state index contributed by atoms with van der Waals surface area (Å²) in [6, 6.07) is 0. The Labute approximate surface area is 131 Å². The molecule has 0 saturated heterocycles. The summed E-state index contributed by atoms with van der Waals surface area (Å²) in [5.41, 5.74) is 0. The lowest BCUT2D eigenvalue weighted by Gasteiger charge is -2.41. The molecule has 4 atom stereocenters. The minimum atomic E-state index is -1.32. The molecule has 0 heterocycles. The summed E-state index contributed by atoms with van der Waals surface area (Å²) in [7, 11) is 2.95. The Morgan fingerprint density at radius 2 is 1.50 bits per heavy atom. The van der Waals surface area contributed by atoms with E-state index >= 15 is 0 Å². The molecule has 18 heavy (non-hydrogen) atoms. The van der Waals surface area contributed by atoms with E-state index in [1.165, 1.54) is 14.2 Å². The van der Waals surface area contributed by atoms with Gasteiger partial charge in [0.05, 0.1) is 10.1 Å². The van der Waals surface area contributed by atoms with E-state index in [0.717, 1.165) is 0 Å². The highest BCUT2D eigenvalue weighted by Crippen LogP contribution is 2.73. The fourth-order valence-corrected chi connectivity index (χ4v) is 6.11. The van der Waals surface area contributed by atoms with Crippen LogP contribution >= 0.6 is 58.0 Å². The third-order valence-electron chi connectivity index (χ3n) is 4.27. The number of halogens is 5. The fraction of sp³-hybridized carbons (Fsp3) is 0.818. The van der Waals surface area contributed by atoms with Gasteiger partial charge >= 0.3 is 0 Å². The van der Waals surface area contributed by atoms with Crippen molar-refractivity contribution in [1.82, 2.24) is 0 Å². The van der Waals surface area contributed by atoms with Crippen LogP contribution in [0.2, 0.25) is 0 Å². The average Bonchev–Trinajstić information content (AvgIpc) is 2.59. The molecule has 2 nitrogen and oxygen atoms in total. The van der Waals surface area contributed by atoms with Gasteiger partial charge in [-0.15, -0.1) is 34.8 Å². The predicted octanol–water partition coefficient (Wildman–Crippen LogP) is 4.14. The lowest BCUT2D eigenvalue weighted by Crippen LogP contribution is -2.57. The number of hydrogen-bond donors (Lipinski definition) is 0. The molecule has 0 aromatic heterocycles. The average molecular weight is 354 g/mol. The van der Waals surface area contributed by atoms with E-state index in [9.17, 15) is 0 Å². The van der Waals surface area contributed by atoms with Crippen LogP contribution in [0.5, 0.6) is 0 Å². The second-order valence-corrected chi connectivity index (χ2v) is 6.88. The normalized spacial score (nSPS) is 46.0. The molecule has 2 aliphatic rings. The molecule has 2 aliphatic carbocycles. The molecule has 104 valence electrons. The molecule has 0 spiro atoms. The molecule has 2 bridgehead atoms. The van der Waals surface area contributed by atoms with Crippen LogP contribution in [-0.2, 0) is 9.47 Å². The first kappa shape index (κ1) is 15.5. The SMILES string of the molecule is COC1(OC)C2(Cl)C(Cl)=C(Cl)C1(Cl)[C@@H](CCl)[C@@H]2C. The summed E-state index contributed by atoms with van der Waals surface area (Å²) in [6.45, 7) is 1.92. The summed E-state index contributed by atoms with van der Waals surface area (Å²) >= 11 is 32.0. The zero-order chi connectivity index (χ0) is 13.9. The van der Waals surface area contributed by atoms with Gasteiger partial charge in [0.1, 0.15) is 9.75 Å². The number of rotatable bonds is 3. The topological polar surface area (TPSA) is 18.5 Å². The van der Waals surface area contributed by atoms with Crippen molar-refractivity contribution in [3.8, 4) is 0 Å². The molecule has 0 N–H and O–H groups in total. The summed E-state index contributed by atoms with van der Waals surface area (Å²) < 4.78 is 11.1. The Balaban J connectivity index is 2.76. The van der Waals surface area contributed by atoms with Crippen molar-refractivity contribution in [2.24, 2.45) is 11.8 Å². The van der Waals surface area contributed by atoms with E-state index in [0.29, 0.717) is 0 Å². The Hall–Kier alpha value is 1.11. The Kier molecular flexibility index (Phi) is 3.92. The van der Waals surface area contributed by atoms with Crippen molar-refractivity contribution < 1.29 is 9.47 Å². The summed E-state index contributed by atoms with van der Waals surface area (Å²) in [5, 5.41) is 0.534. The summed E-state index contributed by atoms with van der Waals surface area (Å²) in [6.07, 6.45) is 0. The van der Waals surface area contributed by atoms with Crippen LogP contribution in [0.15, 0.2) is 10.1 Å². The molecular formula is C11H13Cl5O2. The molecule has 1 fully saturated rings. The van der Waals surface area contributed by atoms with E-state index < -0.39 is 15.5 Å². The van der Waals surface area contributed by atoms with Crippen molar-refractivity contribution in [2.45, 2.75) is 22.5 Å². The van der Waals surface area contributed by atoms with Crippen LogP contribution < -0.4 is 0 Å². The fourth-order valence-electron chi connectivity index (χ4n) is 3.32. The third kappa shape index (κ3) is 1.27. The second kappa shape index (κ2) is 4.56. The van der Waals surface area contributed by atoms with Crippen molar-refractivity contribution in [3.05, 3.63) is 10.1 Å². The van der Waals surface area contributed by atoms with E-state index in [-0.39, 0.29) is 27.8 Å². The Morgan fingerprint density at radius 3 is 1.83 bits per heavy atom. The van der Waals surface area contributed by atoms with Gasteiger partial charge in [-0.1, -0.05) is 30.1 Å². The van der Waals surface area contributed by atoms with Gasteiger partial charge in [0.25, 0.3) is 0 Å². The van der Waals surface area contributed by atoms with Crippen molar-refractivity contribution >= 4 is 58.0 Å².